The molecule has 0 saturated heterocycles. The van der Waals surface area contributed by atoms with Crippen LogP contribution < -0.4 is 19.6 Å². The monoisotopic (exact) mass is 352 g/mol. The quantitative estimate of drug-likeness (QED) is 0.361. The first-order valence-electron chi connectivity index (χ1n) is 4.29. The van der Waals surface area contributed by atoms with Gasteiger partial charge in [-0.2, -0.15) is 0 Å². The average molecular weight is 352 g/mol. The van der Waals surface area contributed by atoms with Crippen LogP contribution >= 0.6 is 15.2 Å². The van der Waals surface area contributed by atoms with E-state index in [2.05, 4.69) is 0 Å². The van der Waals surface area contributed by atoms with Crippen LogP contribution in [-0.2, 0) is 40.4 Å². The van der Waals surface area contributed by atoms with Crippen molar-refractivity contribution < 1.29 is 70.2 Å². The molecular weight excluding hydrogens is 342 g/mol. The summed E-state index contributed by atoms with van der Waals surface area (Å²) in [7, 11) is -9.20. The van der Waals surface area contributed by atoms with Gasteiger partial charge in [-0.05, 0) is 12.3 Å². The van der Waals surface area contributed by atoms with Gasteiger partial charge in [-0.15, -0.1) is 0 Å². The molecule has 108 valence electrons. The second-order valence-corrected chi connectivity index (χ2v) is 6.29. The summed E-state index contributed by atoms with van der Waals surface area (Å²) in [5, 5.41) is 15.8. The molecule has 0 aliphatic rings. The number of carbonyl (C=O) groups is 2. The molecule has 0 spiro atoms. The maximum atomic E-state index is 9.74. The van der Waals surface area contributed by atoms with Gasteiger partial charge in [-0.3, -0.25) is 9.59 Å². The molecule has 0 aromatic carbocycles. The number of carboxylic acid groups (broad SMARTS) is 2. The molecule has 10 nitrogen and oxygen atoms in total. The largest absolute Gasteiger partial charge is 4.00 e. The van der Waals surface area contributed by atoms with Crippen LogP contribution in [0, 0.1) is 0 Å². The summed E-state index contributed by atoms with van der Waals surface area (Å²) in [5.74, 6) is -2.55. The van der Waals surface area contributed by atoms with Gasteiger partial charge in [0.25, 0.3) is 0 Å². The number of carboxylic acids is 2. The van der Waals surface area contributed by atoms with Crippen molar-refractivity contribution in [3.8, 4) is 0 Å². The van der Waals surface area contributed by atoms with Crippen molar-refractivity contribution in [2.75, 3.05) is 12.3 Å². The zero-order valence-corrected chi connectivity index (χ0v) is 12.7. The van der Waals surface area contributed by atoms with Gasteiger partial charge in [0.1, 0.15) is 0 Å². The molecular formula is C6H10O10P2Ti. The molecule has 0 atom stereocenters. The van der Waals surface area contributed by atoms with Gasteiger partial charge >= 0.3 is 33.7 Å². The smallest absolute Gasteiger partial charge is 0.811 e. The second kappa shape index (κ2) is 10.7. The van der Waals surface area contributed by atoms with Gasteiger partial charge in [0, 0.05) is 12.8 Å². The number of rotatable bonds is 6. The fraction of sp³-hybridized carbons (Fsp3) is 0.667. The van der Waals surface area contributed by atoms with Crippen LogP contribution in [0.4, 0.5) is 0 Å². The molecule has 0 bridgehead atoms. The average Bonchev–Trinajstić information content (AvgIpc) is 2.10. The van der Waals surface area contributed by atoms with Crippen LogP contribution in [0.15, 0.2) is 0 Å². The maximum absolute atomic E-state index is 9.74. The molecule has 0 aromatic rings. The molecule has 0 aromatic heterocycles. The summed E-state index contributed by atoms with van der Waals surface area (Å²) in [5.41, 5.74) is 0. The molecule has 0 fully saturated rings. The molecule has 0 rings (SSSR count). The predicted molar refractivity (Wildman–Crippen MR) is 49.5 cm³/mol. The molecule has 0 heterocycles. The van der Waals surface area contributed by atoms with E-state index < -0.39 is 52.3 Å². The van der Waals surface area contributed by atoms with E-state index >= 15 is 0 Å². The Bertz CT molecular complexity index is 334. The Morgan fingerprint density at radius 1 is 0.789 bits per heavy atom. The fourth-order valence-corrected chi connectivity index (χ4v) is 1.40. The zero-order valence-electron chi connectivity index (χ0n) is 9.38. The van der Waals surface area contributed by atoms with Crippen molar-refractivity contribution in [3.63, 3.8) is 0 Å². The van der Waals surface area contributed by atoms with E-state index in [-0.39, 0.29) is 21.7 Å². The summed E-state index contributed by atoms with van der Waals surface area (Å²) in [4.78, 5) is 58.3. The number of hydrogen-bond acceptors (Lipinski definition) is 8. The van der Waals surface area contributed by atoms with Crippen LogP contribution in [0.1, 0.15) is 12.8 Å². The van der Waals surface area contributed by atoms with Crippen molar-refractivity contribution in [2.45, 2.75) is 12.8 Å². The minimum Gasteiger partial charge on any atom is -0.811 e. The maximum Gasteiger partial charge on any atom is 4.00 e. The topological polar surface area (TPSA) is 201 Å². The number of aliphatic carboxylic acids is 2. The van der Waals surface area contributed by atoms with E-state index in [9.17, 15) is 38.3 Å². The minimum atomic E-state index is -4.60. The van der Waals surface area contributed by atoms with Crippen molar-refractivity contribution >= 4 is 27.1 Å². The van der Waals surface area contributed by atoms with Crippen molar-refractivity contribution in [1.82, 2.24) is 0 Å². The third-order valence-corrected chi connectivity index (χ3v) is 2.74. The Hall–Kier alpha value is -0.0457. The normalized spacial score (nSPS) is 10.7. The molecule has 0 saturated carbocycles. The fourth-order valence-electron chi connectivity index (χ4n) is 0.465. The first-order chi connectivity index (χ1) is 7.83. The molecule has 0 unspecified atom stereocenters. The molecule has 0 radical (unpaired) electrons. The third-order valence-electron chi connectivity index (χ3n) is 1.20. The van der Waals surface area contributed by atoms with Gasteiger partial charge in [-0.25, -0.2) is 0 Å². The Morgan fingerprint density at radius 3 is 1.05 bits per heavy atom. The van der Waals surface area contributed by atoms with Crippen molar-refractivity contribution in [3.05, 3.63) is 0 Å². The predicted octanol–water partition coefficient (Wildman–Crippen LogP) is -3.25. The first-order valence-corrected chi connectivity index (χ1v) is 7.75. The molecule has 0 amide bonds. The molecule has 2 N–H and O–H groups in total. The molecule has 13 heteroatoms. The third kappa shape index (κ3) is 32.0. The van der Waals surface area contributed by atoms with Crippen molar-refractivity contribution in [1.29, 1.82) is 0 Å². The second-order valence-electron chi connectivity index (χ2n) is 2.96. The van der Waals surface area contributed by atoms with Gasteiger partial charge in [-0.1, -0.05) is 15.2 Å². The van der Waals surface area contributed by atoms with E-state index in [0.717, 1.165) is 0 Å². The minimum absolute atomic E-state index is 0. The van der Waals surface area contributed by atoms with E-state index in [1.165, 1.54) is 0 Å². The Kier molecular flexibility index (Phi) is 13.5. The Labute approximate surface area is 123 Å². The Morgan fingerprint density at radius 2 is 1.00 bits per heavy atom. The van der Waals surface area contributed by atoms with Crippen LogP contribution in [-0.4, -0.2) is 34.5 Å². The summed E-state index contributed by atoms with van der Waals surface area (Å²) < 4.78 is 19.5. The SMILES string of the molecule is O=C(O)CCP(=O)([O-])[O-].O=C(O)CCP(=O)([O-])[O-].[Ti+4]. The van der Waals surface area contributed by atoms with Crippen LogP contribution in [0.25, 0.3) is 0 Å². The molecule has 0 aliphatic heterocycles. The van der Waals surface area contributed by atoms with Gasteiger partial charge in [0.15, 0.2) is 0 Å². The number of hydrogen-bond donors (Lipinski definition) is 2. The summed E-state index contributed by atoms with van der Waals surface area (Å²) in [6, 6.07) is 0. The van der Waals surface area contributed by atoms with E-state index in [4.69, 9.17) is 10.2 Å². The summed E-state index contributed by atoms with van der Waals surface area (Å²) in [6.07, 6.45) is -2.82. The summed E-state index contributed by atoms with van der Waals surface area (Å²) >= 11 is 0. The van der Waals surface area contributed by atoms with E-state index in [0.29, 0.717) is 0 Å². The summed E-state index contributed by atoms with van der Waals surface area (Å²) in [6.45, 7) is 0. The Balaban J connectivity index is -0.000000256. The van der Waals surface area contributed by atoms with Crippen LogP contribution in [0.5, 0.6) is 0 Å². The molecule has 19 heavy (non-hydrogen) atoms. The van der Waals surface area contributed by atoms with Crippen molar-refractivity contribution in [2.24, 2.45) is 0 Å². The zero-order chi connectivity index (χ0) is 15.0. The van der Waals surface area contributed by atoms with Gasteiger partial charge in [0.2, 0.25) is 0 Å². The molecule has 0 aliphatic carbocycles. The van der Waals surface area contributed by atoms with E-state index in [1.807, 2.05) is 0 Å². The van der Waals surface area contributed by atoms with E-state index in [1.54, 1.807) is 0 Å². The van der Waals surface area contributed by atoms with Gasteiger partial charge < -0.3 is 38.9 Å². The first kappa shape index (κ1) is 24.0. The standard InChI is InChI=1S/2C3H7O5P.Ti/c2*4-3(5)1-2-9(6,7)8;/h2*1-2H2,(H,4,5)(H2,6,7,8);/q;;+4/p-4. The van der Waals surface area contributed by atoms with Crippen LogP contribution in [0.2, 0.25) is 0 Å². The van der Waals surface area contributed by atoms with Crippen LogP contribution in [0.3, 0.4) is 0 Å². The van der Waals surface area contributed by atoms with Gasteiger partial charge in [0.05, 0.1) is 0 Å².